The summed E-state index contributed by atoms with van der Waals surface area (Å²) in [6, 6.07) is 7.59. The van der Waals surface area contributed by atoms with Crippen LogP contribution in [0.5, 0.6) is 0 Å². The van der Waals surface area contributed by atoms with Gasteiger partial charge in [-0.15, -0.1) is 0 Å². The van der Waals surface area contributed by atoms with Crippen LogP contribution in [0, 0.1) is 5.92 Å². The lowest BCUT2D eigenvalue weighted by molar-refractivity contribution is -0.144. The lowest BCUT2D eigenvalue weighted by Crippen LogP contribution is -2.55. The van der Waals surface area contributed by atoms with Crippen molar-refractivity contribution < 1.29 is 19.2 Å². The number of carbonyl (C=O) groups excluding carboxylic acids is 4. The number of piperidine rings is 2. The van der Waals surface area contributed by atoms with Gasteiger partial charge in [0, 0.05) is 43.8 Å². The van der Waals surface area contributed by atoms with Gasteiger partial charge in [0.1, 0.15) is 5.41 Å². The van der Waals surface area contributed by atoms with Crippen molar-refractivity contribution in [2.24, 2.45) is 5.92 Å². The largest absolute Gasteiger partial charge is 0.339 e. The summed E-state index contributed by atoms with van der Waals surface area (Å²) >= 11 is 0. The first-order valence-corrected chi connectivity index (χ1v) is 13.3. The fourth-order valence-electron chi connectivity index (χ4n) is 6.58. The van der Waals surface area contributed by atoms with Gasteiger partial charge in [0.2, 0.25) is 23.6 Å². The molecule has 1 aromatic carbocycles. The normalized spacial score (nSPS) is 26.5. The van der Waals surface area contributed by atoms with E-state index in [2.05, 4.69) is 10.6 Å². The van der Waals surface area contributed by atoms with Crippen molar-refractivity contribution in [1.82, 2.24) is 20.0 Å². The highest BCUT2D eigenvalue weighted by atomic mass is 16.2. The lowest BCUT2D eigenvalue weighted by atomic mass is 9.72. The van der Waals surface area contributed by atoms with Crippen molar-refractivity contribution >= 4 is 29.3 Å². The van der Waals surface area contributed by atoms with E-state index in [-0.39, 0.29) is 55.3 Å². The third kappa shape index (κ3) is 4.17. The van der Waals surface area contributed by atoms with Gasteiger partial charge in [0.25, 0.3) is 0 Å². The van der Waals surface area contributed by atoms with Gasteiger partial charge in [-0.25, -0.2) is 0 Å². The highest BCUT2D eigenvalue weighted by Gasteiger charge is 2.61. The van der Waals surface area contributed by atoms with E-state index in [1.807, 2.05) is 43.0 Å². The minimum atomic E-state index is -1.13. The van der Waals surface area contributed by atoms with E-state index < -0.39 is 11.3 Å². The SMILES string of the molecule is CC(C)N(C(=O)[C@@H]1CN(C(=O)CN2CCCCC2=O)C[C@@]12C(=O)Nc1ccccc12)C1CCNCC1. The molecule has 9 heteroatoms. The van der Waals surface area contributed by atoms with Crippen LogP contribution in [-0.4, -0.2) is 89.7 Å². The second-order valence-electron chi connectivity index (χ2n) is 10.9. The summed E-state index contributed by atoms with van der Waals surface area (Å²) < 4.78 is 0. The zero-order valence-electron chi connectivity index (χ0n) is 21.3. The maximum atomic E-state index is 14.3. The molecule has 4 amide bonds. The second kappa shape index (κ2) is 9.84. The molecular formula is C27H37N5O4. The van der Waals surface area contributed by atoms with Crippen molar-refractivity contribution in [3.05, 3.63) is 29.8 Å². The summed E-state index contributed by atoms with van der Waals surface area (Å²) in [6.45, 7) is 6.65. The molecule has 0 radical (unpaired) electrons. The fourth-order valence-corrected chi connectivity index (χ4v) is 6.58. The number of para-hydroxylation sites is 1. The van der Waals surface area contributed by atoms with Crippen LogP contribution in [0.25, 0.3) is 0 Å². The van der Waals surface area contributed by atoms with E-state index in [1.165, 1.54) is 0 Å². The molecule has 3 fully saturated rings. The monoisotopic (exact) mass is 495 g/mol. The van der Waals surface area contributed by atoms with Crippen LogP contribution >= 0.6 is 0 Å². The van der Waals surface area contributed by atoms with Gasteiger partial charge in [0.15, 0.2) is 0 Å². The molecule has 4 aliphatic rings. The quantitative estimate of drug-likeness (QED) is 0.642. The molecule has 3 saturated heterocycles. The van der Waals surface area contributed by atoms with Gasteiger partial charge in [-0.2, -0.15) is 0 Å². The Morgan fingerprint density at radius 2 is 1.89 bits per heavy atom. The van der Waals surface area contributed by atoms with Gasteiger partial charge >= 0.3 is 0 Å². The Bertz CT molecular complexity index is 1050. The number of anilines is 1. The van der Waals surface area contributed by atoms with E-state index in [0.29, 0.717) is 18.7 Å². The smallest absolute Gasteiger partial charge is 0.242 e. The Balaban J connectivity index is 1.48. The number of hydrogen-bond donors (Lipinski definition) is 2. The standard InChI is InChI=1S/C27H37N5O4/c1-18(2)32(19-10-12-28-13-11-19)25(35)21-15-31(24(34)16-30-14-6-5-9-23(30)33)17-27(21)20-7-3-4-8-22(20)29-26(27)36/h3-4,7-8,18-19,21,28H,5-6,9-17H2,1-2H3,(H,29,36)/t21-,27-/m0/s1. The molecule has 4 heterocycles. The molecular weight excluding hydrogens is 458 g/mol. The zero-order chi connectivity index (χ0) is 25.4. The van der Waals surface area contributed by atoms with Gasteiger partial charge < -0.3 is 25.3 Å². The second-order valence-corrected chi connectivity index (χ2v) is 10.9. The van der Waals surface area contributed by atoms with Crippen LogP contribution < -0.4 is 10.6 Å². The summed E-state index contributed by atoms with van der Waals surface area (Å²) in [5, 5.41) is 6.35. The lowest BCUT2D eigenvalue weighted by Gasteiger charge is -2.41. The first-order chi connectivity index (χ1) is 17.3. The molecule has 1 spiro atoms. The fraction of sp³-hybridized carbons (Fsp3) is 0.630. The molecule has 0 bridgehead atoms. The maximum Gasteiger partial charge on any atom is 0.242 e. The molecule has 2 atom stereocenters. The third-order valence-corrected chi connectivity index (χ3v) is 8.41. The molecule has 9 nitrogen and oxygen atoms in total. The molecule has 194 valence electrons. The Kier molecular flexibility index (Phi) is 6.76. The number of nitrogens with one attached hydrogen (secondary N) is 2. The van der Waals surface area contributed by atoms with Crippen LogP contribution in [0.4, 0.5) is 5.69 Å². The molecule has 0 saturated carbocycles. The van der Waals surface area contributed by atoms with E-state index >= 15 is 0 Å². The number of amides is 4. The number of hydrogen-bond acceptors (Lipinski definition) is 5. The predicted octanol–water partition coefficient (Wildman–Crippen LogP) is 1.34. The van der Waals surface area contributed by atoms with Crippen LogP contribution in [0.2, 0.25) is 0 Å². The summed E-state index contributed by atoms with van der Waals surface area (Å²) in [7, 11) is 0. The first kappa shape index (κ1) is 24.7. The summed E-state index contributed by atoms with van der Waals surface area (Å²) in [4.78, 5) is 59.0. The molecule has 0 aliphatic carbocycles. The average Bonchev–Trinajstić information content (AvgIpc) is 3.40. The molecule has 1 aromatic rings. The van der Waals surface area contributed by atoms with Gasteiger partial charge in [0.05, 0.1) is 12.5 Å². The van der Waals surface area contributed by atoms with Gasteiger partial charge in [-0.1, -0.05) is 18.2 Å². The van der Waals surface area contributed by atoms with Crippen molar-refractivity contribution in [3.8, 4) is 0 Å². The topological polar surface area (TPSA) is 102 Å². The minimum absolute atomic E-state index is 0.00127. The Hall–Kier alpha value is -2.94. The average molecular weight is 496 g/mol. The summed E-state index contributed by atoms with van der Waals surface area (Å²) in [5.74, 6) is -1.17. The van der Waals surface area contributed by atoms with E-state index in [9.17, 15) is 19.2 Å². The van der Waals surface area contributed by atoms with Crippen LogP contribution in [0.3, 0.4) is 0 Å². The van der Waals surface area contributed by atoms with Crippen LogP contribution in [0.15, 0.2) is 24.3 Å². The number of carbonyl (C=O) groups is 4. The van der Waals surface area contributed by atoms with Gasteiger partial charge in [-0.05, 0) is 64.3 Å². The van der Waals surface area contributed by atoms with Crippen LogP contribution in [-0.2, 0) is 24.6 Å². The van der Waals surface area contributed by atoms with E-state index in [0.717, 1.165) is 44.3 Å². The number of fused-ring (bicyclic) bond motifs is 2. The number of likely N-dealkylation sites (tertiary alicyclic amines) is 2. The summed E-state index contributed by atoms with van der Waals surface area (Å²) in [6.07, 6.45) is 3.94. The first-order valence-electron chi connectivity index (χ1n) is 13.3. The highest BCUT2D eigenvalue weighted by molar-refractivity contribution is 6.10. The van der Waals surface area contributed by atoms with Crippen molar-refractivity contribution in [1.29, 1.82) is 0 Å². The Labute approximate surface area is 212 Å². The number of nitrogens with zero attached hydrogens (tertiary/aromatic N) is 3. The van der Waals surface area contributed by atoms with Crippen molar-refractivity contribution in [3.63, 3.8) is 0 Å². The zero-order valence-corrected chi connectivity index (χ0v) is 21.3. The summed E-state index contributed by atoms with van der Waals surface area (Å²) in [5.41, 5.74) is 0.362. The molecule has 0 unspecified atom stereocenters. The van der Waals surface area contributed by atoms with Gasteiger partial charge in [-0.3, -0.25) is 19.2 Å². The van der Waals surface area contributed by atoms with E-state index in [4.69, 9.17) is 0 Å². The van der Waals surface area contributed by atoms with E-state index in [1.54, 1.807) is 9.80 Å². The van der Waals surface area contributed by atoms with Crippen molar-refractivity contribution in [2.45, 2.75) is 63.5 Å². The predicted molar refractivity (Wildman–Crippen MR) is 135 cm³/mol. The maximum absolute atomic E-state index is 14.3. The van der Waals surface area contributed by atoms with Crippen molar-refractivity contribution in [2.75, 3.05) is 44.6 Å². The Morgan fingerprint density at radius 1 is 1.14 bits per heavy atom. The molecule has 0 aromatic heterocycles. The number of rotatable bonds is 5. The number of benzene rings is 1. The third-order valence-electron chi connectivity index (χ3n) is 8.41. The molecule has 5 rings (SSSR count). The van der Waals surface area contributed by atoms with Crippen LogP contribution in [0.1, 0.15) is 51.5 Å². The minimum Gasteiger partial charge on any atom is -0.339 e. The molecule has 2 N–H and O–H groups in total. The highest BCUT2D eigenvalue weighted by Crippen LogP contribution is 2.48. The molecule has 36 heavy (non-hydrogen) atoms. The molecule has 4 aliphatic heterocycles. The Morgan fingerprint density at radius 3 is 2.61 bits per heavy atom.